The zero-order chi connectivity index (χ0) is 20.6. The molecule has 1 spiro atoms. The van der Waals surface area contributed by atoms with Gasteiger partial charge in [-0.3, -0.25) is 9.59 Å². The van der Waals surface area contributed by atoms with Gasteiger partial charge in [0.2, 0.25) is 0 Å². The Balaban J connectivity index is 1.83. The van der Waals surface area contributed by atoms with Gasteiger partial charge in [-0.05, 0) is 42.8 Å². The molecule has 0 bridgehead atoms. The van der Waals surface area contributed by atoms with Gasteiger partial charge in [0.05, 0.1) is 16.9 Å². The summed E-state index contributed by atoms with van der Waals surface area (Å²) in [6, 6.07) is 15.6. The second-order valence-corrected chi connectivity index (χ2v) is 9.07. The number of amides is 1. The number of rotatable bonds is 3. The molecular weight excluding hydrogens is 386 g/mol. The summed E-state index contributed by atoms with van der Waals surface area (Å²) in [5.74, 6) is -0.778. The first kappa shape index (κ1) is 19.1. The number of ketones is 1. The van der Waals surface area contributed by atoms with Gasteiger partial charge in [0.1, 0.15) is 0 Å². The van der Waals surface area contributed by atoms with Crippen LogP contribution >= 0.6 is 0 Å². The zero-order valence-corrected chi connectivity index (χ0v) is 16.6. The van der Waals surface area contributed by atoms with Gasteiger partial charge in [-0.1, -0.05) is 60.2 Å². The van der Waals surface area contributed by atoms with Gasteiger partial charge in [-0.15, -0.1) is 0 Å². The molecular formula is C23H19NO4S. The van der Waals surface area contributed by atoms with Gasteiger partial charge in [0.25, 0.3) is 15.9 Å². The highest BCUT2D eigenvalue weighted by Gasteiger charge is 2.50. The van der Waals surface area contributed by atoms with E-state index in [4.69, 9.17) is 0 Å². The van der Waals surface area contributed by atoms with E-state index < -0.39 is 21.3 Å². The third-order valence-corrected chi connectivity index (χ3v) is 6.92. The number of aryl methyl sites for hydroxylation is 1. The molecule has 0 radical (unpaired) electrons. The van der Waals surface area contributed by atoms with Crippen LogP contribution in [0, 0.1) is 12.3 Å². The largest absolute Gasteiger partial charge is 0.290 e. The number of hydrogen-bond donors (Lipinski definition) is 0. The Bertz CT molecular complexity index is 1160. The first-order valence-electron chi connectivity index (χ1n) is 9.15. The average Bonchev–Trinajstić information content (AvgIpc) is 2.98. The Morgan fingerprint density at radius 3 is 2.17 bits per heavy atom. The van der Waals surface area contributed by atoms with Crippen LogP contribution in [-0.2, 0) is 19.6 Å². The second kappa shape index (κ2) is 6.97. The molecule has 2 aromatic rings. The van der Waals surface area contributed by atoms with Crippen molar-refractivity contribution >= 4 is 27.8 Å². The molecule has 2 aliphatic rings. The first-order valence-corrected chi connectivity index (χ1v) is 10.6. The van der Waals surface area contributed by atoms with Crippen LogP contribution in [0.15, 0.2) is 89.4 Å². The minimum Gasteiger partial charge on any atom is -0.290 e. The van der Waals surface area contributed by atoms with Gasteiger partial charge >= 0.3 is 0 Å². The van der Waals surface area contributed by atoms with Gasteiger partial charge in [-0.2, -0.15) is 0 Å². The molecule has 0 atom stereocenters. The monoisotopic (exact) mass is 405 g/mol. The van der Waals surface area contributed by atoms with Gasteiger partial charge in [0, 0.05) is 5.57 Å². The summed E-state index contributed by atoms with van der Waals surface area (Å²) in [7, 11) is -4.03. The summed E-state index contributed by atoms with van der Waals surface area (Å²) in [4.78, 5) is 25.0. The molecule has 1 heterocycles. The lowest BCUT2D eigenvalue weighted by atomic mass is 9.78. The van der Waals surface area contributed by atoms with E-state index >= 15 is 0 Å². The standard InChI is InChI=1S/C23H19NO4S/c1-17-7-9-20(10-8-17)29(27,28)24-16-23(13-11-19(25)12-14-23)21(22(24)26)15-18-5-3-2-4-6-18/h2-15H,16H2,1H3/b21-15-. The summed E-state index contributed by atoms with van der Waals surface area (Å²) in [5, 5.41) is 0. The van der Waals surface area contributed by atoms with E-state index in [-0.39, 0.29) is 17.2 Å². The lowest BCUT2D eigenvalue weighted by molar-refractivity contribution is -0.120. The molecule has 0 N–H and O–H groups in total. The maximum Gasteiger partial charge on any atom is 0.266 e. The third kappa shape index (κ3) is 3.36. The average molecular weight is 405 g/mol. The highest BCUT2D eigenvalue weighted by Crippen LogP contribution is 2.44. The van der Waals surface area contributed by atoms with Crippen molar-refractivity contribution in [1.29, 1.82) is 0 Å². The maximum atomic E-state index is 13.3. The number of allylic oxidation sites excluding steroid dienone is 2. The Morgan fingerprint density at radius 2 is 1.55 bits per heavy atom. The second-order valence-electron chi connectivity index (χ2n) is 7.21. The van der Waals surface area contributed by atoms with Crippen LogP contribution in [-0.4, -0.2) is 31.0 Å². The maximum absolute atomic E-state index is 13.3. The number of hydrogen-bond acceptors (Lipinski definition) is 4. The predicted octanol–water partition coefficient (Wildman–Crippen LogP) is 3.29. The van der Waals surface area contributed by atoms with E-state index in [2.05, 4.69) is 0 Å². The van der Waals surface area contributed by atoms with Crippen molar-refractivity contribution in [2.75, 3.05) is 6.54 Å². The molecule has 1 amide bonds. The number of nitrogens with zero attached hydrogens (tertiary/aromatic N) is 1. The Morgan fingerprint density at radius 1 is 0.931 bits per heavy atom. The van der Waals surface area contributed by atoms with Crippen molar-refractivity contribution in [3.05, 3.63) is 95.6 Å². The fourth-order valence-electron chi connectivity index (χ4n) is 3.53. The van der Waals surface area contributed by atoms with Crippen molar-refractivity contribution < 1.29 is 18.0 Å². The minimum atomic E-state index is -4.03. The fraction of sp³-hybridized carbons (Fsp3) is 0.130. The van der Waals surface area contributed by atoms with Crippen molar-refractivity contribution in [2.24, 2.45) is 5.41 Å². The van der Waals surface area contributed by atoms with Crippen LogP contribution in [0.2, 0.25) is 0 Å². The smallest absolute Gasteiger partial charge is 0.266 e. The van der Waals surface area contributed by atoms with Crippen molar-refractivity contribution in [2.45, 2.75) is 11.8 Å². The lowest BCUT2D eigenvalue weighted by Crippen LogP contribution is -2.34. The summed E-state index contributed by atoms with van der Waals surface area (Å²) in [6.45, 7) is 1.78. The molecule has 1 aliphatic heterocycles. The molecule has 146 valence electrons. The number of carbonyl (C=O) groups excluding carboxylic acids is 2. The van der Waals surface area contributed by atoms with Crippen LogP contribution in [0.25, 0.3) is 6.08 Å². The van der Waals surface area contributed by atoms with Gasteiger partial charge in [0.15, 0.2) is 5.78 Å². The number of sulfonamides is 1. The molecule has 0 aromatic heterocycles. The SMILES string of the molecule is Cc1ccc(S(=O)(=O)N2CC3(C=CC(=O)C=C3)/C(=C\c3ccccc3)C2=O)cc1. The molecule has 1 fully saturated rings. The molecule has 4 rings (SSSR count). The Hall–Kier alpha value is -3.25. The molecule has 0 saturated carbocycles. The molecule has 1 aliphatic carbocycles. The Labute approximate surface area is 169 Å². The van der Waals surface area contributed by atoms with Crippen LogP contribution in [0.3, 0.4) is 0 Å². The van der Waals surface area contributed by atoms with Crippen molar-refractivity contribution in [3.8, 4) is 0 Å². The summed E-state index contributed by atoms with van der Waals surface area (Å²) in [5.41, 5.74) is 1.05. The molecule has 29 heavy (non-hydrogen) atoms. The molecule has 0 unspecified atom stereocenters. The van der Waals surface area contributed by atoms with Gasteiger partial charge < -0.3 is 0 Å². The zero-order valence-electron chi connectivity index (χ0n) is 15.8. The quantitative estimate of drug-likeness (QED) is 0.735. The van der Waals surface area contributed by atoms with E-state index in [1.54, 1.807) is 30.4 Å². The van der Waals surface area contributed by atoms with Crippen LogP contribution in [0.4, 0.5) is 0 Å². The molecule has 2 aromatic carbocycles. The molecule has 5 nitrogen and oxygen atoms in total. The molecule has 6 heteroatoms. The van der Waals surface area contributed by atoms with E-state index in [1.807, 2.05) is 37.3 Å². The third-order valence-electron chi connectivity index (χ3n) is 5.17. The van der Waals surface area contributed by atoms with Crippen molar-refractivity contribution in [1.82, 2.24) is 4.31 Å². The summed E-state index contributed by atoms with van der Waals surface area (Å²) >= 11 is 0. The lowest BCUT2D eigenvalue weighted by Gasteiger charge is -2.24. The first-order chi connectivity index (χ1) is 13.8. The van der Waals surface area contributed by atoms with Crippen molar-refractivity contribution in [3.63, 3.8) is 0 Å². The van der Waals surface area contributed by atoms with E-state index in [9.17, 15) is 18.0 Å². The van der Waals surface area contributed by atoms with E-state index in [1.165, 1.54) is 24.3 Å². The van der Waals surface area contributed by atoms with E-state index in [0.717, 1.165) is 15.4 Å². The van der Waals surface area contributed by atoms with Gasteiger partial charge in [-0.25, -0.2) is 12.7 Å². The minimum absolute atomic E-state index is 0.0624. The number of benzene rings is 2. The van der Waals surface area contributed by atoms with Crippen LogP contribution in [0.5, 0.6) is 0 Å². The van der Waals surface area contributed by atoms with Crippen LogP contribution < -0.4 is 0 Å². The highest BCUT2D eigenvalue weighted by molar-refractivity contribution is 7.89. The Kier molecular flexibility index (Phi) is 4.59. The van der Waals surface area contributed by atoms with E-state index in [0.29, 0.717) is 5.57 Å². The summed E-state index contributed by atoms with van der Waals surface area (Å²) in [6.07, 6.45) is 7.69. The summed E-state index contributed by atoms with van der Waals surface area (Å²) < 4.78 is 27.3. The predicted molar refractivity (Wildman–Crippen MR) is 110 cm³/mol. The molecule has 1 saturated heterocycles. The highest BCUT2D eigenvalue weighted by atomic mass is 32.2. The number of carbonyl (C=O) groups is 2. The topological polar surface area (TPSA) is 71.5 Å². The fourth-order valence-corrected chi connectivity index (χ4v) is 4.96. The van der Waals surface area contributed by atoms with Crippen LogP contribution in [0.1, 0.15) is 11.1 Å². The normalized spacial score (nSPS) is 19.5.